The van der Waals surface area contributed by atoms with Gasteiger partial charge < -0.3 is 0 Å². The van der Waals surface area contributed by atoms with Gasteiger partial charge in [-0.2, -0.15) is 0 Å². The maximum absolute atomic E-state index is 13.6. The molecule has 0 aliphatic carbocycles. The van der Waals surface area contributed by atoms with Crippen molar-refractivity contribution in [2.75, 3.05) is 21.3 Å². The SMILES string of the molecule is O=S(=O)(Nc1ccccc1F)c1ccc(N2CCCCS2(=O)=O)cc1. The van der Waals surface area contributed by atoms with Crippen molar-refractivity contribution in [1.82, 2.24) is 0 Å². The highest BCUT2D eigenvalue weighted by molar-refractivity contribution is 7.93. The molecule has 0 amide bonds. The fourth-order valence-corrected chi connectivity index (χ4v) is 5.32. The molecule has 3 rings (SSSR count). The van der Waals surface area contributed by atoms with E-state index in [1.807, 2.05) is 0 Å². The molecule has 1 fully saturated rings. The van der Waals surface area contributed by atoms with Gasteiger partial charge >= 0.3 is 0 Å². The lowest BCUT2D eigenvalue weighted by Crippen LogP contribution is -2.37. The van der Waals surface area contributed by atoms with E-state index in [1.165, 1.54) is 46.8 Å². The monoisotopic (exact) mass is 384 g/mol. The molecule has 0 atom stereocenters. The van der Waals surface area contributed by atoms with E-state index >= 15 is 0 Å². The standard InChI is InChI=1S/C16H17FN2O4S2/c17-15-5-1-2-6-16(15)18-25(22,23)14-9-7-13(8-10-14)19-11-3-4-12-24(19,20)21/h1-2,5-10,18H,3-4,11-12H2. The van der Waals surface area contributed by atoms with E-state index in [9.17, 15) is 21.2 Å². The largest absolute Gasteiger partial charge is 0.277 e. The van der Waals surface area contributed by atoms with Crippen molar-refractivity contribution in [1.29, 1.82) is 0 Å². The third-order valence-corrected chi connectivity index (χ3v) is 7.15. The molecule has 2 aromatic rings. The van der Waals surface area contributed by atoms with Crippen LogP contribution in [0.3, 0.4) is 0 Å². The first-order valence-corrected chi connectivity index (χ1v) is 10.8. The zero-order chi connectivity index (χ0) is 18.1. The summed E-state index contributed by atoms with van der Waals surface area (Å²) in [5, 5.41) is 0. The Morgan fingerprint density at radius 3 is 2.32 bits per heavy atom. The van der Waals surface area contributed by atoms with E-state index in [4.69, 9.17) is 0 Å². The summed E-state index contributed by atoms with van der Waals surface area (Å²) in [5.41, 5.74) is 0.273. The Morgan fingerprint density at radius 1 is 1.00 bits per heavy atom. The van der Waals surface area contributed by atoms with Gasteiger partial charge in [-0.15, -0.1) is 0 Å². The number of benzene rings is 2. The molecule has 0 spiro atoms. The van der Waals surface area contributed by atoms with Crippen molar-refractivity contribution in [2.45, 2.75) is 17.7 Å². The number of halogens is 1. The Morgan fingerprint density at radius 2 is 1.68 bits per heavy atom. The van der Waals surface area contributed by atoms with Crippen LogP contribution in [-0.4, -0.2) is 29.1 Å². The normalized spacial score (nSPS) is 17.2. The highest BCUT2D eigenvalue weighted by atomic mass is 32.2. The number of anilines is 2. The minimum Gasteiger partial charge on any atom is -0.277 e. The van der Waals surface area contributed by atoms with Crippen LogP contribution in [0.5, 0.6) is 0 Å². The number of hydrogen-bond donors (Lipinski definition) is 1. The Hall–Kier alpha value is -2.13. The molecule has 0 radical (unpaired) electrons. The van der Waals surface area contributed by atoms with Crippen molar-refractivity contribution in [2.24, 2.45) is 0 Å². The fourth-order valence-electron chi connectivity index (χ4n) is 2.62. The Labute approximate surface area is 146 Å². The second kappa shape index (κ2) is 6.64. The maximum atomic E-state index is 13.6. The van der Waals surface area contributed by atoms with Gasteiger partial charge in [-0.05, 0) is 49.2 Å². The van der Waals surface area contributed by atoms with Crippen LogP contribution >= 0.6 is 0 Å². The van der Waals surface area contributed by atoms with Crippen LogP contribution in [0.1, 0.15) is 12.8 Å². The average molecular weight is 384 g/mol. The van der Waals surface area contributed by atoms with Gasteiger partial charge in [0, 0.05) is 6.54 Å². The van der Waals surface area contributed by atoms with Crippen LogP contribution in [0.4, 0.5) is 15.8 Å². The van der Waals surface area contributed by atoms with Crippen LogP contribution in [0.15, 0.2) is 53.4 Å². The predicted molar refractivity (Wildman–Crippen MR) is 94.0 cm³/mol. The number of rotatable bonds is 4. The molecule has 0 bridgehead atoms. The molecule has 1 N–H and O–H groups in total. The Kier molecular flexibility index (Phi) is 4.70. The molecule has 0 unspecified atom stereocenters. The first-order valence-electron chi connectivity index (χ1n) is 7.67. The van der Waals surface area contributed by atoms with Gasteiger partial charge in [0.25, 0.3) is 10.0 Å². The lowest BCUT2D eigenvalue weighted by Gasteiger charge is -2.28. The molecule has 0 saturated carbocycles. The van der Waals surface area contributed by atoms with E-state index in [2.05, 4.69) is 4.72 Å². The first-order chi connectivity index (χ1) is 11.8. The van der Waals surface area contributed by atoms with Gasteiger partial charge in [-0.1, -0.05) is 12.1 Å². The lowest BCUT2D eigenvalue weighted by atomic mass is 10.3. The minimum absolute atomic E-state index is 0.0751. The lowest BCUT2D eigenvalue weighted by molar-refractivity contribution is 0.574. The fraction of sp³-hybridized carbons (Fsp3) is 0.250. The first kappa shape index (κ1) is 17.7. The zero-order valence-electron chi connectivity index (χ0n) is 13.2. The molecule has 25 heavy (non-hydrogen) atoms. The highest BCUT2D eigenvalue weighted by Crippen LogP contribution is 2.26. The summed E-state index contributed by atoms with van der Waals surface area (Å²) < 4.78 is 66.0. The van der Waals surface area contributed by atoms with E-state index < -0.39 is 25.9 Å². The quantitative estimate of drug-likeness (QED) is 0.878. The Balaban J connectivity index is 1.85. The number of nitrogens with zero attached hydrogens (tertiary/aromatic N) is 1. The summed E-state index contributed by atoms with van der Waals surface area (Å²) in [4.78, 5) is -0.0751. The predicted octanol–water partition coefficient (Wildman–Crippen LogP) is 2.56. The number of sulfonamides is 2. The Bertz CT molecular complexity index is 973. The number of nitrogens with one attached hydrogen (secondary N) is 1. The van der Waals surface area contributed by atoms with Crippen molar-refractivity contribution in [3.8, 4) is 0 Å². The molecule has 9 heteroatoms. The summed E-state index contributed by atoms with van der Waals surface area (Å²) in [6, 6.07) is 11.0. The van der Waals surface area contributed by atoms with Crippen molar-refractivity contribution < 1.29 is 21.2 Å². The van der Waals surface area contributed by atoms with Crippen LogP contribution in [0, 0.1) is 5.82 Å². The molecule has 1 heterocycles. The summed E-state index contributed by atoms with van der Waals surface area (Å²) in [6.07, 6.45) is 1.38. The topological polar surface area (TPSA) is 83.6 Å². The molecule has 1 saturated heterocycles. The van der Waals surface area contributed by atoms with Gasteiger partial charge in [-0.25, -0.2) is 21.2 Å². The molecule has 0 aromatic heterocycles. The molecule has 6 nitrogen and oxygen atoms in total. The number of hydrogen-bond acceptors (Lipinski definition) is 4. The molecule has 1 aliphatic heterocycles. The second-order valence-corrected chi connectivity index (χ2v) is 9.37. The van der Waals surface area contributed by atoms with Crippen molar-refractivity contribution in [3.05, 3.63) is 54.3 Å². The van der Waals surface area contributed by atoms with Gasteiger partial charge in [0.1, 0.15) is 5.82 Å². The van der Waals surface area contributed by atoms with Crippen LogP contribution in [-0.2, 0) is 20.0 Å². The minimum atomic E-state index is -3.97. The molecule has 2 aromatic carbocycles. The van der Waals surface area contributed by atoms with Gasteiger partial charge in [-0.3, -0.25) is 9.03 Å². The third-order valence-electron chi connectivity index (χ3n) is 3.90. The van der Waals surface area contributed by atoms with Gasteiger partial charge in [0.2, 0.25) is 10.0 Å². The van der Waals surface area contributed by atoms with Crippen molar-refractivity contribution in [3.63, 3.8) is 0 Å². The molecule has 1 aliphatic rings. The average Bonchev–Trinajstić information content (AvgIpc) is 2.57. The van der Waals surface area contributed by atoms with E-state index in [-0.39, 0.29) is 16.3 Å². The van der Waals surface area contributed by atoms with Crippen LogP contribution < -0.4 is 9.03 Å². The van der Waals surface area contributed by atoms with Crippen LogP contribution in [0.2, 0.25) is 0 Å². The third kappa shape index (κ3) is 3.77. The summed E-state index contributed by atoms with van der Waals surface area (Å²) in [6.45, 7) is 0.377. The summed E-state index contributed by atoms with van der Waals surface area (Å²) in [7, 11) is -7.33. The molecular formula is C16H17FN2O4S2. The second-order valence-electron chi connectivity index (χ2n) is 5.67. The number of para-hydroxylation sites is 1. The van der Waals surface area contributed by atoms with E-state index in [0.717, 1.165) is 12.5 Å². The molecule has 134 valence electrons. The maximum Gasteiger partial charge on any atom is 0.261 e. The van der Waals surface area contributed by atoms with Gasteiger partial charge in [0.05, 0.1) is 22.0 Å². The van der Waals surface area contributed by atoms with E-state index in [1.54, 1.807) is 0 Å². The van der Waals surface area contributed by atoms with Crippen LogP contribution in [0.25, 0.3) is 0 Å². The van der Waals surface area contributed by atoms with E-state index in [0.29, 0.717) is 18.7 Å². The highest BCUT2D eigenvalue weighted by Gasteiger charge is 2.26. The molecular weight excluding hydrogens is 367 g/mol. The summed E-state index contributed by atoms with van der Waals surface area (Å²) in [5.74, 6) is -0.593. The smallest absolute Gasteiger partial charge is 0.261 e. The summed E-state index contributed by atoms with van der Waals surface area (Å²) >= 11 is 0. The van der Waals surface area contributed by atoms with Gasteiger partial charge in [0.15, 0.2) is 0 Å². The zero-order valence-corrected chi connectivity index (χ0v) is 14.9. The van der Waals surface area contributed by atoms with Crippen molar-refractivity contribution >= 4 is 31.4 Å².